The summed E-state index contributed by atoms with van der Waals surface area (Å²) >= 11 is 8.93. The monoisotopic (exact) mass is 727 g/mol. The molecule has 13 heteroatoms. The topological polar surface area (TPSA) is 120 Å². The Morgan fingerprint density at radius 3 is 2.52 bits per heavy atom. The SMILES string of the molecule is CCOc1cc(C2/C(=C(\O)c3ccc4c(c3)OCCO4)C(=O)C(=O)N2c2nnc(SCc3ccccc3Cl)s2)ccc1OCc1ccccc1. The number of thioether (sulfide) groups is 1. The molecule has 2 aliphatic rings. The predicted molar refractivity (Wildman–Crippen MR) is 192 cm³/mol. The molecule has 1 saturated heterocycles. The van der Waals surface area contributed by atoms with Gasteiger partial charge in [0.1, 0.15) is 25.6 Å². The predicted octanol–water partition coefficient (Wildman–Crippen LogP) is 7.86. The highest BCUT2D eigenvalue weighted by molar-refractivity contribution is 8.00. The van der Waals surface area contributed by atoms with E-state index in [0.717, 1.165) is 22.5 Å². The standard InChI is InChI=1S/C37H30ClN3O7S2/c1-2-45-29-18-23(12-14-28(29)48-20-22-8-4-3-5-9-22)32-31(33(42)24-13-15-27-30(19-24)47-17-16-46-27)34(43)35(44)41(32)36-39-40-37(50-36)49-21-25-10-6-7-11-26(25)38/h3-15,18-19,32,42H,2,16-17,20-21H2,1H3/b33-31+. The van der Waals surface area contributed by atoms with Crippen molar-refractivity contribution in [1.82, 2.24) is 10.2 Å². The van der Waals surface area contributed by atoms with E-state index < -0.39 is 17.7 Å². The molecule has 0 radical (unpaired) electrons. The van der Waals surface area contributed by atoms with E-state index in [1.807, 2.05) is 61.5 Å². The van der Waals surface area contributed by atoms with E-state index in [2.05, 4.69) is 10.2 Å². The number of benzene rings is 4. The van der Waals surface area contributed by atoms with Crippen LogP contribution in [0.15, 0.2) is 101 Å². The normalized spacial score (nSPS) is 16.4. The number of nitrogens with zero attached hydrogens (tertiary/aromatic N) is 3. The number of aromatic nitrogens is 2. The Kier molecular flexibility index (Phi) is 9.92. The van der Waals surface area contributed by atoms with Crippen LogP contribution in [0.3, 0.4) is 0 Å². The second-order valence-corrected chi connectivity index (χ2v) is 13.8. The van der Waals surface area contributed by atoms with Gasteiger partial charge in [-0.2, -0.15) is 0 Å². The summed E-state index contributed by atoms with van der Waals surface area (Å²) in [4.78, 5) is 29.0. The molecule has 1 atom stereocenters. The van der Waals surface area contributed by atoms with Gasteiger partial charge in [0.15, 0.2) is 27.3 Å². The number of fused-ring (bicyclic) bond motifs is 1. The van der Waals surface area contributed by atoms with E-state index in [-0.39, 0.29) is 16.5 Å². The van der Waals surface area contributed by atoms with E-state index in [1.54, 1.807) is 36.4 Å². The van der Waals surface area contributed by atoms with E-state index in [1.165, 1.54) is 16.7 Å². The van der Waals surface area contributed by atoms with Crippen LogP contribution in [-0.4, -0.2) is 46.8 Å². The molecule has 4 aromatic carbocycles. The zero-order valence-corrected chi connectivity index (χ0v) is 29.1. The Labute approximate surface area is 301 Å². The third kappa shape index (κ3) is 6.87. The van der Waals surface area contributed by atoms with E-state index in [0.29, 0.717) is 75.7 Å². The number of hydrogen-bond acceptors (Lipinski definition) is 11. The number of carbonyl (C=O) groups excluding carboxylic acids is 2. The molecule has 1 N–H and O–H groups in total. The van der Waals surface area contributed by atoms with Crippen molar-refractivity contribution in [3.8, 4) is 23.0 Å². The molecule has 1 fully saturated rings. The minimum Gasteiger partial charge on any atom is -0.507 e. The highest BCUT2D eigenvalue weighted by atomic mass is 35.5. The summed E-state index contributed by atoms with van der Waals surface area (Å²) < 4.78 is 24.1. The van der Waals surface area contributed by atoms with Crippen LogP contribution in [-0.2, 0) is 21.9 Å². The van der Waals surface area contributed by atoms with Crippen LogP contribution in [0.5, 0.6) is 23.0 Å². The van der Waals surface area contributed by atoms with Gasteiger partial charge in [-0.05, 0) is 60.0 Å². The van der Waals surface area contributed by atoms with Crippen molar-refractivity contribution in [3.05, 3.63) is 124 Å². The Balaban J connectivity index is 1.28. The number of aliphatic hydroxyl groups excluding tert-OH is 1. The first-order chi connectivity index (χ1) is 24.4. The summed E-state index contributed by atoms with van der Waals surface area (Å²) in [7, 11) is 0. The number of aliphatic hydroxyl groups is 1. The van der Waals surface area contributed by atoms with Crippen LogP contribution in [0.25, 0.3) is 5.76 Å². The number of ether oxygens (including phenoxy) is 4. The van der Waals surface area contributed by atoms with Gasteiger partial charge >= 0.3 is 5.91 Å². The van der Waals surface area contributed by atoms with Gasteiger partial charge in [-0.3, -0.25) is 14.5 Å². The summed E-state index contributed by atoms with van der Waals surface area (Å²) in [6.45, 7) is 3.24. The van der Waals surface area contributed by atoms with Gasteiger partial charge in [-0.15, -0.1) is 10.2 Å². The number of ketones is 1. The van der Waals surface area contributed by atoms with Crippen molar-refractivity contribution in [1.29, 1.82) is 0 Å². The van der Waals surface area contributed by atoms with Gasteiger partial charge in [-0.1, -0.05) is 89.3 Å². The Morgan fingerprint density at radius 1 is 0.940 bits per heavy atom. The highest BCUT2D eigenvalue weighted by Crippen LogP contribution is 2.46. The summed E-state index contributed by atoms with van der Waals surface area (Å²) in [6.07, 6.45) is 0. The molecule has 50 heavy (non-hydrogen) atoms. The van der Waals surface area contributed by atoms with Crippen molar-refractivity contribution >= 4 is 57.3 Å². The van der Waals surface area contributed by atoms with Gasteiger partial charge in [0, 0.05) is 16.3 Å². The Bertz CT molecular complexity index is 2090. The fraction of sp³-hybridized carbons (Fsp3) is 0.189. The minimum absolute atomic E-state index is 0.118. The number of Topliss-reactive ketones (excluding diaryl/α,β-unsaturated/α-hetero) is 1. The number of amides is 1. The molecule has 1 aromatic heterocycles. The number of anilines is 1. The third-order valence-electron chi connectivity index (χ3n) is 7.99. The Hall–Kier alpha value is -5.04. The number of hydrogen-bond donors (Lipinski definition) is 1. The molecule has 1 amide bonds. The highest BCUT2D eigenvalue weighted by Gasteiger charge is 2.48. The van der Waals surface area contributed by atoms with Gasteiger partial charge in [0.05, 0.1) is 18.2 Å². The van der Waals surface area contributed by atoms with Gasteiger partial charge in [0.2, 0.25) is 5.13 Å². The van der Waals surface area contributed by atoms with E-state index in [9.17, 15) is 14.7 Å². The first-order valence-electron chi connectivity index (χ1n) is 15.8. The molecule has 0 aliphatic carbocycles. The van der Waals surface area contributed by atoms with E-state index in [4.69, 9.17) is 30.5 Å². The molecule has 1 unspecified atom stereocenters. The van der Waals surface area contributed by atoms with Crippen LogP contribution >= 0.6 is 34.7 Å². The molecule has 2 aliphatic heterocycles. The molecular weight excluding hydrogens is 698 g/mol. The van der Waals surface area contributed by atoms with Crippen LogP contribution in [0, 0.1) is 0 Å². The second kappa shape index (κ2) is 14.8. The maximum atomic E-state index is 13.9. The second-order valence-electron chi connectivity index (χ2n) is 11.2. The molecule has 7 rings (SSSR count). The van der Waals surface area contributed by atoms with Crippen molar-refractivity contribution in [2.45, 2.75) is 29.7 Å². The van der Waals surface area contributed by atoms with Gasteiger partial charge < -0.3 is 24.1 Å². The van der Waals surface area contributed by atoms with Crippen LogP contribution in [0.1, 0.15) is 35.2 Å². The molecule has 10 nitrogen and oxygen atoms in total. The zero-order valence-electron chi connectivity index (χ0n) is 26.7. The molecule has 254 valence electrons. The smallest absolute Gasteiger partial charge is 0.301 e. The van der Waals surface area contributed by atoms with Crippen molar-refractivity contribution in [2.24, 2.45) is 0 Å². The number of halogens is 1. The number of carbonyl (C=O) groups is 2. The van der Waals surface area contributed by atoms with Crippen molar-refractivity contribution < 1.29 is 33.6 Å². The summed E-state index contributed by atoms with van der Waals surface area (Å²) in [5.41, 5.74) is 2.57. The first kappa shape index (κ1) is 33.5. The summed E-state index contributed by atoms with van der Waals surface area (Å²) in [6, 6.07) is 26.2. The van der Waals surface area contributed by atoms with Crippen LogP contribution in [0.2, 0.25) is 5.02 Å². The quantitative estimate of drug-likeness (QED) is 0.0473. The zero-order chi connectivity index (χ0) is 34.6. The molecule has 0 bridgehead atoms. The van der Waals surface area contributed by atoms with E-state index >= 15 is 0 Å². The lowest BCUT2D eigenvalue weighted by molar-refractivity contribution is -0.132. The minimum atomic E-state index is -1.07. The first-order valence-corrected chi connectivity index (χ1v) is 17.9. The van der Waals surface area contributed by atoms with Crippen LogP contribution in [0.4, 0.5) is 5.13 Å². The lowest BCUT2D eigenvalue weighted by Gasteiger charge is -2.24. The van der Waals surface area contributed by atoms with Crippen LogP contribution < -0.4 is 23.8 Å². The van der Waals surface area contributed by atoms with Gasteiger partial charge in [0.25, 0.3) is 5.78 Å². The molecule has 3 heterocycles. The average molecular weight is 728 g/mol. The lowest BCUT2D eigenvalue weighted by Crippen LogP contribution is -2.29. The maximum absolute atomic E-state index is 13.9. The third-order valence-corrected chi connectivity index (χ3v) is 10.5. The maximum Gasteiger partial charge on any atom is 0.301 e. The molecule has 5 aromatic rings. The molecule has 0 spiro atoms. The Morgan fingerprint density at radius 2 is 1.72 bits per heavy atom. The van der Waals surface area contributed by atoms with Crippen molar-refractivity contribution in [2.75, 3.05) is 24.7 Å². The largest absolute Gasteiger partial charge is 0.507 e. The molecule has 0 saturated carbocycles. The van der Waals surface area contributed by atoms with Gasteiger partial charge in [-0.25, -0.2) is 0 Å². The van der Waals surface area contributed by atoms with Crippen molar-refractivity contribution in [3.63, 3.8) is 0 Å². The fourth-order valence-corrected chi connectivity index (χ4v) is 7.78. The lowest BCUT2D eigenvalue weighted by atomic mass is 9.95. The molecular formula is C37H30ClN3O7S2. The number of rotatable bonds is 11. The summed E-state index contributed by atoms with van der Waals surface area (Å²) in [5.74, 6) is 0.287. The average Bonchev–Trinajstić information content (AvgIpc) is 3.72. The fourth-order valence-electron chi connectivity index (χ4n) is 5.62. The summed E-state index contributed by atoms with van der Waals surface area (Å²) in [5, 5.41) is 21.2.